The molecule has 0 aromatic carbocycles. The Labute approximate surface area is 268 Å². The second-order valence-electron chi connectivity index (χ2n) is 10.3. The Morgan fingerprint density at radius 2 is 0.702 bits per heavy atom. The molecule has 0 N–H and O–H groups in total. The smallest absolute Gasteiger partial charge is 0.305 e. The molecule has 2 aliphatic rings. The van der Waals surface area contributed by atoms with Gasteiger partial charge in [0.1, 0.15) is 18.8 Å². The van der Waals surface area contributed by atoms with Crippen LogP contribution in [0.2, 0.25) is 0 Å². The number of carbonyl (C=O) groups excluding carboxylic acids is 8. The van der Waals surface area contributed by atoms with Crippen LogP contribution in [0.5, 0.6) is 0 Å². The molecule has 19 heteroatoms. The van der Waals surface area contributed by atoms with Crippen molar-refractivity contribution in [1.82, 2.24) is 0 Å². The van der Waals surface area contributed by atoms with Gasteiger partial charge in [-0.1, -0.05) is 0 Å². The summed E-state index contributed by atoms with van der Waals surface area (Å²) in [5, 5.41) is 0. The van der Waals surface area contributed by atoms with Gasteiger partial charge in [-0.15, -0.1) is 0 Å². The molecule has 2 aliphatic heterocycles. The molecule has 19 nitrogen and oxygen atoms in total. The molecule has 264 valence electrons. The minimum Gasteiger partial charge on any atom is -0.463 e. The Kier molecular flexibility index (Phi) is 14.5. The number of rotatable bonds is 12. The van der Waals surface area contributed by atoms with E-state index in [2.05, 4.69) is 0 Å². The lowest BCUT2D eigenvalue weighted by molar-refractivity contribution is -0.331. The van der Waals surface area contributed by atoms with Gasteiger partial charge in [-0.2, -0.15) is 0 Å². The fourth-order valence-corrected chi connectivity index (χ4v) is 4.76. The highest BCUT2D eigenvalue weighted by molar-refractivity contribution is 5.70. The molecule has 0 aromatic heterocycles. The lowest BCUT2D eigenvalue weighted by Crippen LogP contribution is -2.65. The van der Waals surface area contributed by atoms with Crippen molar-refractivity contribution in [3.63, 3.8) is 0 Å². The summed E-state index contributed by atoms with van der Waals surface area (Å²) in [6, 6.07) is 0. The molecule has 0 saturated carbocycles. The molecule has 2 heterocycles. The highest BCUT2D eigenvalue weighted by atomic mass is 16.8. The molecule has 2 rings (SSSR count). The number of carbonyl (C=O) groups is 8. The molecule has 0 aliphatic carbocycles. The molecule has 10 atom stereocenters. The van der Waals surface area contributed by atoms with Crippen LogP contribution < -0.4 is 0 Å². The first-order valence-electron chi connectivity index (χ1n) is 14.2. The highest BCUT2D eigenvalue weighted by Crippen LogP contribution is 2.33. The first kappa shape index (κ1) is 38.8. The van der Waals surface area contributed by atoms with E-state index >= 15 is 0 Å². The van der Waals surface area contributed by atoms with Crippen LogP contribution in [0.4, 0.5) is 0 Å². The average molecular weight is 679 g/mol. The predicted octanol–water partition coefficient (Wildman–Crippen LogP) is -0.831. The van der Waals surface area contributed by atoms with E-state index in [1.54, 1.807) is 0 Å². The lowest BCUT2D eigenvalue weighted by Gasteiger charge is -2.46. The van der Waals surface area contributed by atoms with Gasteiger partial charge in [-0.05, 0) is 0 Å². The SMILES string of the molecule is CC(=O)OC[C@H]1O[C@H](OC[C@H]2OC(OC(C)=O)[C@H](OC(C)=O)[C@@H](OC(C)=O)[C@@H]2OC(C)=O)[C@H](OC(C)=O)[C@@H](OC(C)=O)[C@H]1OC(C)=O. The summed E-state index contributed by atoms with van der Waals surface area (Å²) in [4.78, 5) is 95.9. The molecular formula is C28H38O19. The van der Waals surface area contributed by atoms with E-state index in [0.29, 0.717) is 0 Å². The number of hydrogen-bond donors (Lipinski definition) is 0. The summed E-state index contributed by atoms with van der Waals surface area (Å²) in [7, 11) is 0. The van der Waals surface area contributed by atoms with Gasteiger partial charge < -0.3 is 52.1 Å². The van der Waals surface area contributed by atoms with Gasteiger partial charge in [0.25, 0.3) is 0 Å². The number of ether oxygens (including phenoxy) is 11. The third-order valence-corrected chi connectivity index (χ3v) is 6.15. The Bertz CT molecular complexity index is 1200. The quantitative estimate of drug-likeness (QED) is 0.181. The zero-order valence-corrected chi connectivity index (χ0v) is 26.9. The van der Waals surface area contributed by atoms with Gasteiger partial charge in [0.15, 0.2) is 36.8 Å². The van der Waals surface area contributed by atoms with Crippen LogP contribution in [0, 0.1) is 0 Å². The Morgan fingerprint density at radius 3 is 1.09 bits per heavy atom. The van der Waals surface area contributed by atoms with Crippen molar-refractivity contribution in [3.8, 4) is 0 Å². The van der Waals surface area contributed by atoms with Gasteiger partial charge in [-0.3, -0.25) is 38.4 Å². The molecule has 2 fully saturated rings. The van der Waals surface area contributed by atoms with Crippen molar-refractivity contribution in [1.29, 1.82) is 0 Å². The predicted molar refractivity (Wildman–Crippen MR) is 145 cm³/mol. The lowest BCUT2D eigenvalue weighted by atomic mass is 9.97. The third-order valence-electron chi connectivity index (χ3n) is 6.15. The van der Waals surface area contributed by atoms with Crippen LogP contribution in [0.3, 0.4) is 0 Å². The van der Waals surface area contributed by atoms with E-state index in [1.165, 1.54) is 0 Å². The fourth-order valence-electron chi connectivity index (χ4n) is 4.76. The summed E-state index contributed by atoms with van der Waals surface area (Å²) in [6.45, 7) is 7.09. The molecule has 2 saturated heterocycles. The Morgan fingerprint density at radius 1 is 0.383 bits per heavy atom. The van der Waals surface area contributed by atoms with Gasteiger partial charge in [0.05, 0.1) is 6.61 Å². The normalized spacial score (nSPS) is 30.0. The Balaban J connectivity index is 2.56. The van der Waals surface area contributed by atoms with Gasteiger partial charge in [0, 0.05) is 55.4 Å². The van der Waals surface area contributed by atoms with E-state index in [1.807, 2.05) is 0 Å². The van der Waals surface area contributed by atoms with E-state index in [0.717, 1.165) is 55.4 Å². The third kappa shape index (κ3) is 12.1. The van der Waals surface area contributed by atoms with E-state index in [4.69, 9.17) is 52.1 Å². The van der Waals surface area contributed by atoms with E-state index < -0.39 is 122 Å². The van der Waals surface area contributed by atoms with Crippen LogP contribution >= 0.6 is 0 Å². The summed E-state index contributed by atoms with van der Waals surface area (Å²) in [6.07, 6.45) is -15.6. The standard InChI is InChI=1S/C28H38O19/c1-11(29)37-9-19-21(39-12(2)30)23(41-14(4)32)25(43-16(6)34)27(46-19)38-10-20-22(40-13(3)31)24(42-15(5)33)26(44-17(7)35)28(47-20)45-18(8)36/h19-28H,9-10H2,1-8H3/t19-,20-,21+,22-,23+,24+,25-,26-,27+,28?/m1/s1. The summed E-state index contributed by atoms with van der Waals surface area (Å²) < 4.78 is 59.8. The maximum absolute atomic E-state index is 12.1. The van der Waals surface area contributed by atoms with Gasteiger partial charge in [0.2, 0.25) is 12.4 Å². The summed E-state index contributed by atoms with van der Waals surface area (Å²) in [5.74, 6) is -6.93. The largest absolute Gasteiger partial charge is 0.463 e. The van der Waals surface area contributed by atoms with Crippen LogP contribution in [0.1, 0.15) is 55.4 Å². The minimum atomic E-state index is -1.71. The van der Waals surface area contributed by atoms with E-state index in [-0.39, 0.29) is 0 Å². The highest BCUT2D eigenvalue weighted by Gasteiger charge is 2.56. The molecular weight excluding hydrogens is 640 g/mol. The minimum absolute atomic E-state index is 0.541. The van der Waals surface area contributed by atoms with Crippen LogP contribution in [0.15, 0.2) is 0 Å². The molecule has 0 amide bonds. The van der Waals surface area contributed by atoms with Gasteiger partial charge >= 0.3 is 47.8 Å². The molecule has 0 radical (unpaired) electrons. The second-order valence-corrected chi connectivity index (χ2v) is 10.3. The molecule has 0 spiro atoms. The van der Waals surface area contributed by atoms with Crippen molar-refractivity contribution in [3.05, 3.63) is 0 Å². The van der Waals surface area contributed by atoms with Crippen molar-refractivity contribution >= 4 is 47.8 Å². The average Bonchev–Trinajstić information content (AvgIpc) is 2.91. The molecule has 1 unspecified atom stereocenters. The summed E-state index contributed by atoms with van der Waals surface area (Å²) in [5.41, 5.74) is 0. The second kappa shape index (κ2) is 17.5. The first-order valence-corrected chi connectivity index (χ1v) is 14.2. The van der Waals surface area contributed by atoms with Crippen molar-refractivity contribution in [2.45, 2.75) is 117 Å². The van der Waals surface area contributed by atoms with E-state index in [9.17, 15) is 38.4 Å². The van der Waals surface area contributed by atoms with Gasteiger partial charge in [-0.25, -0.2) is 0 Å². The van der Waals surface area contributed by atoms with Crippen LogP contribution in [-0.2, 0) is 90.5 Å². The maximum Gasteiger partial charge on any atom is 0.305 e. The topological polar surface area (TPSA) is 238 Å². The Hall–Kier alpha value is -4.36. The molecule has 0 bridgehead atoms. The van der Waals surface area contributed by atoms with Crippen LogP contribution in [-0.4, -0.2) is 122 Å². The van der Waals surface area contributed by atoms with Crippen molar-refractivity contribution in [2.24, 2.45) is 0 Å². The zero-order valence-electron chi connectivity index (χ0n) is 26.9. The zero-order chi connectivity index (χ0) is 35.6. The number of hydrogen-bond acceptors (Lipinski definition) is 19. The fraction of sp³-hybridized carbons (Fsp3) is 0.714. The van der Waals surface area contributed by atoms with Crippen LogP contribution in [0.25, 0.3) is 0 Å². The maximum atomic E-state index is 12.1. The first-order chi connectivity index (χ1) is 21.9. The molecule has 0 aromatic rings. The van der Waals surface area contributed by atoms with Crippen molar-refractivity contribution in [2.75, 3.05) is 13.2 Å². The van der Waals surface area contributed by atoms with Crippen molar-refractivity contribution < 1.29 is 90.5 Å². The number of esters is 8. The molecule has 47 heavy (non-hydrogen) atoms. The summed E-state index contributed by atoms with van der Waals surface area (Å²) >= 11 is 0. The monoisotopic (exact) mass is 678 g/mol.